The van der Waals surface area contributed by atoms with E-state index in [9.17, 15) is 14.7 Å². The van der Waals surface area contributed by atoms with Crippen molar-refractivity contribution in [3.8, 4) is 11.5 Å². The minimum absolute atomic E-state index is 0.101. The van der Waals surface area contributed by atoms with Gasteiger partial charge in [0.05, 0.1) is 13.7 Å². The lowest BCUT2D eigenvalue weighted by Crippen LogP contribution is -2.33. The lowest BCUT2D eigenvalue weighted by atomic mass is 10.1. The number of amides is 2. The van der Waals surface area contributed by atoms with Crippen molar-refractivity contribution in [2.24, 2.45) is 0 Å². The number of ether oxygens (including phenoxy) is 1. The Morgan fingerprint density at radius 2 is 1.79 bits per heavy atom. The van der Waals surface area contributed by atoms with Gasteiger partial charge in [-0.25, -0.2) is 0 Å². The number of aromatic hydroxyl groups is 1. The zero-order valence-electron chi connectivity index (χ0n) is 16.3. The van der Waals surface area contributed by atoms with Gasteiger partial charge in [0.25, 0.3) is 0 Å². The Morgan fingerprint density at radius 3 is 2.59 bits per heavy atom. The molecule has 0 spiro atoms. The van der Waals surface area contributed by atoms with Crippen LogP contribution in [-0.2, 0) is 9.59 Å². The highest BCUT2D eigenvalue weighted by atomic mass is 16.5. The Kier molecular flexibility index (Phi) is 6.14. The molecule has 0 bridgehead atoms. The van der Waals surface area contributed by atoms with Crippen LogP contribution < -0.4 is 10.1 Å². The molecule has 3 rings (SSSR count). The number of anilines is 1. The van der Waals surface area contributed by atoms with Crippen LogP contribution in [0.5, 0.6) is 11.5 Å². The molecule has 0 unspecified atom stereocenters. The average Bonchev–Trinajstić information content (AvgIpc) is 2.72. The second-order valence-electron chi connectivity index (χ2n) is 6.53. The standard InChI is InChI=1S/C23H22N2O4/c1-25(23(28)13-12-16-6-3-7-17(14-16)29-2)15-22(27)24-20-10-4-9-19-18(20)8-5-11-21(19)26/h3-14,26H,15H2,1-2H3,(H,24,27)/b13-12+. The molecule has 0 aliphatic heterocycles. The molecule has 2 amide bonds. The molecule has 0 aliphatic carbocycles. The Morgan fingerprint density at radius 1 is 1.07 bits per heavy atom. The molecule has 6 nitrogen and oxygen atoms in total. The van der Waals surface area contributed by atoms with E-state index in [1.165, 1.54) is 11.0 Å². The predicted octanol–water partition coefficient (Wildman–Crippen LogP) is 3.66. The van der Waals surface area contributed by atoms with Crippen molar-refractivity contribution in [3.63, 3.8) is 0 Å². The van der Waals surface area contributed by atoms with Gasteiger partial charge < -0.3 is 20.1 Å². The fourth-order valence-corrected chi connectivity index (χ4v) is 2.93. The number of rotatable bonds is 6. The summed E-state index contributed by atoms with van der Waals surface area (Å²) in [6.45, 7) is -0.101. The van der Waals surface area contributed by atoms with Crippen molar-refractivity contribution in [1.82, 2.24) is 4.90 Å². The summed E-state index contributed by atoms with van der Waals surface area (Å²) in [7, 11) is 3.14. The monoisotopic (exact) mass is 390 g/mol. The van der Waals surface area contributed by atoms with E-state index in [-0.39, 0.29) is 24.1 Å². The molecular weight excluding hydrogens is 368 g/mol. The van der Waals surface area contributed by atoms with E-state index in [0.29, 0.717) is 16.8 Å². The van der Waals surface area contributed by atoms with Crippen LogP contribution in [0, 0.1) is 0 Å². The van der Waals surface area contributed by atoms with Gasteiger partial charge >= 0.3 is 0 Å². The SMILES string of the molecule is COc1cccc(/C=C/C(=O)N(C)CC(=O)Nc2cccc3c(O)cccc23)c1. The summed E-state index contributed by atoms with van der Waals surface area (Å²) < 4.78 is 5.16. The molecule has 0 aliphatic rings. The number of carbonyl (C=O) groups is 2. The number of carbonyl (C=O) groups excluding carboxylic acids is 2. The first kappa shape index (κ1) is 19.9. The van der Waals surface area contributed by atoms with Gasteiger partial charge in [-0.15, -0.1) is 0 Å². The van der Waals surface area contributed by atoms with Gasteiger partial charge in [0.2, 0.25) is 11.8 Å². The molecule has 6 heteroatoms. The predicted molar refractivity (Wildman–Crippen MR) is 114 cm³/mol. The van der Waals surface area contributed by atoms with E-state index in [0.717, 1.165) is 10.9 Å². The van der Waals surface area contributed by atoms with Crippen molar-refractivity contribution in [1.29, 1.82) is 0 Å². The molecule has 0 saturated carbocycles. The van der Waals surface area contributed by atoms with Crippen molar-refractivity contribution in [2.75, 3.05) is 26.0 Å². The lowest BCUT2D eigenvalue weighted by Gasteiger charge is -2.16. The number of fused-ring (bicyclic) bond motifs is 1. The first-order chi connectivity index (χ1) is 14.0. The molecule has 3 aromatic carbocycles. The number of methoxy groups -OCH3 is 1. The van der Waals surface area contributed by atoms with E-state index < -0.39 is 0 Å². The van der Waals surface area contributed by atoms with E-state index >= 15 is 0 Å². The maximum atomic E-state index is 12.4. The second-order valence-corrected chi connectivity index (χ2v) is 6.53. The Labute approximate surface area is 169 Å². The van der Waals surface area contributed by atoms with Crippen LogP contribution in [-0.4, -0.2) is 42.5 Å². The van der Waals surface area contributed by atoms with Crippen LogP contribution in [0.25, 0.3) is 16.8 Å². The molecular formula is C23H22N2O4. The number of hydrogen-bond donors (Lipinski definition) is 2. The van der Waals surface area contributed by atoms with E-state index in [2.05, 4.69) is 5.32 Å². The third-order valence-electron chi connectivity index (χ3n) is 4.44. The fourth-order valence-electron chi connectivity index (χ4n) is 2.93. The van der Waals surface area contributed by atoms with Crippen molar-refractivity contribution >= 4 is 34.4 Å². The molecule has 0 aromatic heterocycles. The van der Waals surface area contributed by atoms with Crippen molar-refractivity contribution < 1.29 is 19.4 Å². The minimum atomic E-state index is -0.327. The Balaban J connectivity index is 1.64. The van der Waals surface area contributed by atoms with Gasteiger partial charge in [-0.1, -0.05) is 36.4 Å². The first-order valence-corrected chi connectivity index (χ1v) is 9.05. The van der Waals surface area contributed by atoms with Crippen LogP contribution in [0.15, 0.2) is 66.7 Å². The van der Waals surface area contributed by atoms with Gasteiger partial charge in [0.1, 0.15) is 11.5 Å². The van der Waals surface area contributed by atoms with E-state index in [1.54, 1.807) is 50.6 Å². The van der Waals surface area contributed by atoms with E-state index in [1.807, 2.05) is 30.3 Å². The number of hydrogen-bond acceptors (Lipinski definition) is 4. The zero-order chi connectivity index (χ0) is 20.8. The molecule has 0 atom stereocenters. The number of phenols is 1. The largest absolute Gasteiger partial charge is 0.507 e. The van der Waals surface area contributed by atoms with Crippen LogP contribution in [0.3, 0.4) is 0 Å². The summed E-state index contributed by atoms with van der Waals surface area (Å²) in [4.78, 5) is 26.0. The average molecular weight is 390 g/mol. The molecule has 0 heterocycles. The summed E-state index contributed by atoms with van der Waals surface area (Å²) in [6, 6.07) is 17.7. The zero-order valence-corrected chi connectivity index (χ0v) is 16.3. The summed E-state index contributed by atoms with van der Waals surface area (Å²) in [5, 5.41) is 14.1. The number of nitrogens with one attached hydrogen (secondary N) is 1. The topological polar surface area (TPSA) is 78.9 Å². The van der Waals surface area contributed by atoms with Crippen LogP contribution in [0.1, 0.15) is 5.56 Å². The highest BCUT2D eigenvalue weighted by Crippen LogP contribution is 2.29. The number of phenolic OH excluding ortho intramolecular Hbond substituents is 1. The quantitative estimate of drug-likeness (QED) is 0.630. The normalized spacial score (nSPS) is 10.8. The number of likely N-dealkylation sites (N-methyl/N-ethyl adjacent to an activating group) is 1. The highest BCUT2D eigenvalue weighted by Gasteiger charge is 2.12. The molecule has 29 heavy (non-hydrogen) atoms. The van der Waals surface area contributed by atoms with Gasteiger partial charge in [-0.05, 0) is 35.9 Å². The van der Waals surface area contributed by atoms with Gasteiger partial charge in [-0.3, -0.25) is 9.59 Å². The third-order valence-corrected chi connectivity index (χ3v) is 4.44. The van der Waals surface area contributed by atoms with E-state index in [4.69, 9.17) is 4.74 Å². The smallest absolute Gasteiger partial charge is 0.246 e. The number of benzene rings is 3. The second kappa shape index (κ2) is 8.93. The van der Waals surface area contributed by atoms with Crippen molar-refractivity contribution in [3.05, 3.63) is 72.3 Å². The van der Waals surface area contributed by atoms with Crippen LogP contribution >= 0.6 is 0 Å². The third kappa shape index (κ3) is 4.93. The molecule has 148 valence electrons. The summed E-state index contributed by atoms with van der Waals surface area (Å²) in [5.74, 6) is 0.229. The maximum Gasteiger partial charge on any atom is 0.246 e. The molecule has 0 saturated heterocycles. The molecule has 0 radical (unpaired) electrons. The minimum Gasteiger partial charge on any atom is -0.507 e. The van der Waals surface area contributed by atoms with Crippen molar-refractivity contribution in [2.45, 2.75) is 0 Å². The summed E-state index contributed by atoms with van der Waals surface area (Å²) in [6.07, 6.45) is 3.09. The Bertz CT molecular complexity index is 1080. The maximum absolute atomic E-state index is 12.4. The highest BCUT2D eigenvalue weighted by molar-refractivity contribution is 6.05. The fraction of sp³-hybridized carbons (Fsp3) is 0.130. The molecule has 2 N–H and O–H groups in total. The van der Waals surface area contributed by atoms with Gasteiger partial charge in [0, 0.05) is 29.6 Å². The van der Waals surface area contributed by atoms with Crippen LogP contribution in [0.2, 0.25) is 0 Å². The number of nitrogens with zero attached hydrogens (tertiary/aromatic N) is 1. The van der Waals surface area contributed by atoms with Crippen LogP contribution in [0.4, 0.5) is 5.69 Å². The Hall–Kier alpha value is -3.80. The lowest BCUT2D eigenvalue weighted by molar-refractivity contribution is -0.129. The summed E-state index contributed by atoms with van der Waals surface area (Å²) in [5.41, 5.74) is 1.40. The van der Waals surface area contributed by atoms with Gasteiger partial charge in [-0.2, -0.15) is 0 Å². The summed E-state index contributed by atoms with van der Waals surface area (Å²) >= 11 is 0. The first-order valence-electron chi connectivity index (χ1n) is 9.05. The molecule has 0 fully saturated rings. The molecule has 3 aromatic rings. The van der Waals surface area contributed by atoms with Gasteiger partial charge in [0.15, 0.2) is 0 Å².